The Morgan fingerprint density at radius 1 is 0.963 bits per heavy atom. The van der Waals surface area contributed by atoms with Gasteiger partial charge in [0, 0.05) is 41.8 Å². The number of carbonyl (C=O) groups is 1. The van der Waals surface area contributed by atoms with Crippen LogP contribution in [0.4, 0.5) is 0 Å². The van der Waals surface area contributed by atoms with E-state index in [4.69, 9.17) is 5.73 Å². The molecule has 1 amide bonds. The zero-order chi connectivity index (χ0) is 20.4. The number of amides is 1. The Bertz CT molecular complexity index is 419. The van der Waals surface area contributed by atoms with Crippen molar-refractivity contribution < 1.29 is 30.6 Å². The predicted molar refractivity (Wildman–Crippen MR) is 120 cm³/mol. The van der Waals surface area contributed by atoms with Crippen LogP contribution in [0.3, 0.4) is 0 Å². The Kier molecular flexibility index (Phi) is 26.2. The van der Waals surface area contributed by atoms with E-state index < -0.39 is 0 Å². The van der Waals surface area contributed by atoms with Crippen LogP contribution in [-0.4, -0.2) is 15.4 Å². The Hall–Kier alpha value is 0.0370. The molecule has 0 fully saturated rings. The second-order valence-electron chi connectivity index (χ2n) is 7.42. The molecule has 1 aliphatic carbocycles. The van der Waals surface area contributed by atoms with Gasteiger partial charge in [-0.1, -0.05) is 98.1 Å². The summed E-state index contributed by atoms with van der Waals surface area (Å²) in [6.07, 6.45) is 15.5. The van der Waals surface area contributed by atoms with Crippen molar-refractivity contribution >= 4 is 15.4 Å². The Labute approximate surface area is 191 Å². The summed E-state index contributed by atoms with van der Waals surface area (Å²) in [7, 11) is 0.750. The molecule has 0 aliphatic heterocycles. The van der Waals surface area contributed by atoms with Gasteiger partial charge in [-0.15, -0.1) is 6.92 Å². The van der Waals surface area contributed by atoms with Gasteiger partial charge in [0.25, 0.3) is 0 Å². The van der Waals surface area contributed by atoms with Crippen molar-refractivity contribution in [2.45, 2.75) is 112 Å². The standard InChI is InChI=1S/C12H25NO.C9H13.C2H7Si.Hf/c1-2-3-4-5-6-7-8-9-10-11-12(13)14;1-6-5-7(2)9(4)8(6)3;1-3-2;/h2-11H2,1H3,(H2,13,14);6H,1-4H3;3H,1-2H3;/q;-1;;. The molecule has 1 aliphatic rings. The quantitative estimate of drug-likeness (QED) is 0.183. The largest absolute Gasteiger partial charge is 0.370 e. The van der Waals surface area contributed by atoms with Gasteiger partial charge in [0.1, 0.15) is 0 Å². The van der Waals surface area contributed by atoms with E-state index in [0.29, 0.717) is 12.3 Å². The van der Waals surface area contributed by atoms with E-state index in [2.05, 4.69) is 53.8 Å². The summed E-state index contributed by atoms with van der Waals surface area (Å²) in [6, 6.07) is 0. The van der Waals surface area contributed by atoms with Crippen molar-refractivity contribution in [3.8, 4) is 0 Å². The van der Waals surface area contributed by atoms with Crippen LogP contribution in [0.15, 0.2) is 16.7 Å². The number of rotatable bonds is 10. The molecule has 1 radical (unpaired) electrons. The fraction of sp³-hybridized carbons (Fsp3) is 0.783. The minimum Gasteiger partial charge on any atom is -0.370 e. The van der Waals surface area contributed by atoms with E-state index in [1.54, 1.807) is 0 Å². The summed E-state index contributed by atoms with van der Waals surface area (Å²) in [5, 5.41) is 0. The van der Waals surface area contributed by atoms with Gasteiger partial charge in [-0.25, -0.2) is 5.57 Å². The zero-order valence-electron chi connectivity index (χ0n) is 19.2. The Balaban J connectivity index is -0.000000380. The maximum absolute atomic E-state index is 10.4. The summed E-state index contributed by atoms with van der Waals surface area (Å²) < 4.78 is 0. The van der Waals surface area contributed by atoms with Gasteiger partial charge in [0.05, 0.1) is 0 Å². The molecule has 157 valence electrons. The molecule has 0 saturated heterocycles. The summed E-state index contributed by atoms with van der Waals surface area (Å²) >= 11 is 0. The van der Waals surface area contributed by atoms with Crippen LogP contribution < -0.4 is 5.73 Å². The van der Waals surface area contributed by atoms with E-state index >= 15 is 0 Å². The van der Waals surface area contributed by atoms with Crippen molar-refractivity contribution in [2.75, 3.05) is 0 Å². The summed E-state index contributed by atoms with van der Waals surface area (Å²) in [6.45, 7) is 15.3. The van der Waals surface area contributed by atoms with Crippen molar-refractivity contribution in [1.29, 1.82) is 0 Å². The number of nitrogens with two attached hydrogens (primary N) is 1. The topological polar surface area (TPSA) is 43.1 Å². The fourth-order valence-corrected chi connectivity index (χ4v) is 2.77. The summed E-state index contributed by atoms with van der Waals surface area (Å²) in [5.74, 6) is 0.401. The predicted octanol–water partition coefficient (Wildman–Crippen LogP) is 6.63. The molecular formula is C23H45HfNOSi-. The summed E-state index contributed by atoms with van der Waals surface area (Å²) in [5.41, 5.74) is 9.29. The van der Waals surface area contributed by atoms with Gasteiger partial charge in [-0.2, -0.15) is 11.1 Å². The van der Waals surface area contributed by atoms with E-state index in [1.165, 1.54) is 61.7 Å². The van der Waals surface area contributed by atoms with Crippen LogP contribution in [0.1, 0.15) is 98.8 Å². The molecule has 27 heavy (non-hydrogen) atoms. The van der Waals surface area contributed by atoms with Crippen molar-refractivity contribution in [2.24, 2.45) is 11.7 Å². The molecule has 0 bridgehead atoms. The maximum Gasteiger partial charge on any atom is 0.217 e. The van der Waals surface area contributed by atoms with Gasteiger partial charge >= 0.3 is 0 Å². The maximum atomic E-state index is 10.4. The number of primary amides is 1. The van der Waals surface area contributed by atoms with Crippen LogP contribution in [0.2, 0.25) is 13.1 Å². The summed E-state index contributed by atoms with van der Waals surface area (Å²) in [4.78, 5) is 10.4. The molecule has 2 nitrogen and oxygen atoms in total. The molecule has 0 aromatic rings. The monoisotopic (exact) mass is 559 g/mol. The SMILES string of the molecule is CC1=[C-]C(C)C(C)=C1C.CCCCCCCCCCCC(N)=O.C[SiH]C.[Hf]. The van der Waals surface area contributed by atoms with E-state index in [9.17, 15) is 4.79 Å². The number of hydrogen-bond acceptors (Lipinski definition) is 1. The first-order valence-electron chi connectivity index (χ1n) is 10.6. The van der Waals surface area contributed by atoms with Gasteiger partial charge in [-0.05, 0) is 6.42 Å². The van der Waals surface area contributed by atoms with Crippen LogP contribution in [-0.2, 0) is 30.6 Å². The number of hydrogen-bond donors (Lipinski definition) is 1. The van der Waals surface area contributed by atoms with Crippen molar-refractivity contribution in [3.05, 3.63) is 22.8 Å². The van der Waals surface area contributed by atoms with Gasteiger partial charge in [0.15, 0.2) is 0 Å². The first kappa shape index (κ1) is 31.7. The second kappa shape index (κ2) is 22.3. The Morgan fingerprint density at radius 2 is 1.37 bits per heavy atom. The normalized spacial score (nSPS) is 15.1. The third kappa shape index (κ3) is 20.6. The minimum atomic E-state index is -0.159. The Morgan fingerprint density at radius 3 is 1.63 bits per heavy atom. The molecule has 1 unspecified atom stereocenters. The van der Waals surface area contributed by atoms with Gasteiger partial charge in [-0.3, -0.25) is 10.9 Å². The molecule has 1 rings (SSSR count). The van der Waals surface area contributed by atoms with Crippen LogP contribution in [0.25, 0.3) is 0 Å². The first-order valence-corrected chi connectivity index (χ1v) is 12.9. The first-order chi connectivity index (χ1) is 12.3. The number of allylic oxidation sites excluding steroid dienone is 4. The fourth-order valence-electron chi connectivity index (χ4n) is 2.77. The van der Waals surface area contributed by atoms with Crippen LogP contribution in [0.5, 0.6) is 0 Å². The van der Waals surface area contributed by atoms with Crippen molar-refractivity contribution in [3.63, 3.8) is 0 Å². The molecule has 0 heterocycles. The molecule has 1 atom stereocenters. The van der Waals surface area contributed by atoms with E-state index in [-0.39, 0.29) is 31.8 Å². The van der Waals surface area contributed by atoms with Crippen molar-refractivity contribution in [1.82, 2.24) is 0 Å². The molecule has 0 aromatic heterocycles. The second-order valence-corrected chi connectivity index (χ2v) is 8.58. The molecule has 0 saturated carbocycles. The van der Waals surface area contributed by atoms with Gasteiger partial charge in [0.2, 0.25) is 5.91 Å². The number of unbranched alkanes of at least 4 members (excludes halogenated alkanes) is 8. The van der Waals surface area contributed by atoms with Crippen LogP contribution >= 0.6 is 0 Å². The molecule has 4 heteroatoms. The molecular weight excluding hydrogens is 513 g/mol. The zero-order valence-corrected chi connectivity index (χ0v) is 24.0. The average Bonchev–Trinajstić information content (AvgIpc) is 2.80. The number of carbonyl (C=O) groups excluding carboxylic acids is 1. The third-order valence-corrected chi connectivity index (χ3v) is 4.76. The van der Waals surface area contributed by atoms with Crippen LogP contribution in [0, 0.1) is 12.0 Å². The molecule has 2 N–H and O–H groups in total. The van der Waals surface area contributed by atoms with Gasteiger partial charge < -0.3 is 5.73 Å². The minimum absolute atomic E-state index is 0. The molecule has 0 aromatic carbocycles. The smallest absolute Gasteiger partial charge is 0.217 e. The van der Waals surface area contributed by atoms with E-state index in [1.807, 2.05) is 0 Å². The van der Waals surface area contributed by atoms with E-state index in [0.717, 1.165) is 22.4 Å². The average molecular weight is 558 g/mol. The third-order valence-electron chi connectivity index (χ3n) is 4.76. The molecule has 0 spiro atoms.